The molecular formula is C61H37N5O. The molecule has 0 saturated heterocycles. The van der Waals surface area contributed by atoms with Crippen LogP contribution in [0.5, 0.6) is 0 Å². The lowest BCUT2D eigenvalue weighted by molar-refractivity contribution is 0.669. The molecule has 0 radical (unpaired) electrons. The number of benzene rings is 9. The second kappa shape index (κ2) is 13.8. The third kappa shape index (κ3) is 5.29. The number of nitrogens with zero attached hydrogens (tertiary/aromatic N) is 5. The lowest BCUT2D eigenvalue weighted by Gasteiger charge is -2.15. The molecule has 4 aromatic heterocycles. The predicted octanol–water partition coefficient (Wildman–Crippen LogP) is 16.0. The molecule has 0 N–H and O–H groups in total. The Morgan fingerprint density at radius 3 is 1.88 bits per heavy atom. The van der Waals surface area contributed by atoms with Gasteiger partial charge in [-0.2, -0.15) is 9.97 Å². The van der Waals surface area contributed by atoms with E-state index in [9.17, 15) is 0 Å². The molecule has 0 saturated carbocycles. The number of allylic oxidation sites excluding steroid dienone is 4. The van der Waals surface area contributed by atoms with E-state index in [2.05, 4.69) is 155 Å². The van der Waals surface area contributed by atoms with Crippen LogP contribution in [-0.2, 0) is 0 Å². The normalized spacial score (nSPS) is 13.3. The van der Waals surface area contributed by atoms with Crippen molar-refractivity contribution in [1.29, 1.82) is 0 Å². The SMILES string of the molecule is C1=CCCC(n2c3ccc(-c4ccc5c(c4)c4ccccc4n5-c4nc(-c5ccccc5)nc(-c5ccc6c(c5)oc5ccccc56)n4)cc3c3c4cccc5c4c(cc32)-c2ccccc2-5)=C1. The van der Waals surface area contributed by atoms with Gasteiger partial charge in [0.25, 0.3) is 0 Å². The van der Waals surface area contributed by atoms with E-state index < -0.39 is 0 Å². The molecule has 6 heteroatoms. The van der Waals surface area contributed by atoms with Crippen molar-refractivity contribution in [2.24, 2.45) is 0 Å². The Morgan fingerprint density at radius 1 is 0.388 bits per heavy atom. The number of aromatic nitrogens is 5. The number of rotatable bonds is 5. The highest BCUT2D eigenvalue weighted by molar-refractivity contribution is 6.30. The van der Waals surface area contributed by atoms with Gasteiger partial charge in [-0.3, -0.25) is 4.57 Å². The van der Waals surface area contributed by atoms with Gasteiger partial charge in [-0.1, -0.05) is 140 Å². The van der Waals surface area contributed by atoms with Crippen LogP contribution in [0.15, 0.2) is 205 Å². The first-order chi connectivity index (χ1) is 33.2. The average Bonchev–Trinajstić information content (AvgIpc) is 4.13. The van der Waals surface area contributed by atoms with Gasteiger partial charge in [-0.05, 0) is 118 Å². The van der Waals surface area contributed by atoms with E-state index in [-0.39, 0.29) is 0 Å². The highest BCUT2D eigenvalue weighted by Gasteiger charge is 2.26. The molecule has 67 heavy (non-hydrogen) atoms. The summed E-state index contributed by atoms with van der Waals surface area (Å²) in [7, 11) is 0. The Bertz CT molecular complexity index is 4340. The summed E-state index contributed by atoms with van der Waals surface area (Å²) in [6.07, 6.45) is 8.81. The molecule has 0 bridgehead atoms. The third-order valence-corrected chi connectivity index (χ3v) is 14.2. The van der Waals surface area contributed by atoms with Crippen molar-refractivity contribution in [2.45, 2.75) is 12.8 Å². The van der Waals surface area contributed by atoms with Gasteiger partial charge < -0.3 is 8.98 Å². The van der Waals surface area contributed by atoms with Gasteiger partial charge in [0, 0.05) is 49.1 Å². The second-order valence-electron chi connectivity index (χ2n) is 17.8. The summed E-state index contributed by atoms with van der Waals surface area (Å²) in [6, 6.07) is 65.2. The monoisotopic (exact) mass is 855 g/mol. The smallest absolute Gasteiger partial charge is 0.238 e. The zero-order valence-corrected chi connectivity index (χ0v) is 36.1. The quantitative estimate of drug-likeness (QED) is 0.173. The first-order valence-corrected chi connectivity index (χ1v) is 23.0. The highest BCUT2D eigenvalue weighted by Crippen LogP contribution is 2.51. The second-order valence-corrected chi connectivity index (χ2v) is 17.8. The Kier molecular flexibility index (Phi) is 7.52. The van der Waals surface area contributed by atoms with Crippen molar-refractivity contribution in [3.8, 4) is 62.1 Å². The maximum atomic E-state index is 6.33. The van der Waals surface area contributed by atoms with Crippen molar-refractivity contribution >= 4 is 82.0 Å². The molecule has 0 fully saturated rings. The Balaban J connectivity index is 0.930. The Hall–Kier alpha value is -8.87. The topological polar surface area (TPSA) is 61.7 Å². The molecular weight excluding hydrogens is 819 g/mol. The summed E-state index contributed by atoms with van der Waals surface area (Å²) in [6.45, 7) is 0. The number of furan rings is 1. The molecule has 0 spiro atoms. The van der Waals surface area contributed by atoms with Crippen LogP contribution in [0.3, 0.4) is 0 Å². The standard InChI is InChI=1S/C61H37N5O/c1-3-14-36(15-4-1)59-62-60(39-26-29-45-44-21-10-12-25-55(44)67-56(45)34-39)64-61(63-59)66-51-24-11-9-20-43(51)48-32-37(27-30-52(48)66)38-28-31-53-50(33-38)58-47-23-13-22-46-41-18-7-8-19-42(41)49(57(46)47)35-54(58)65(53)40-16-5-2-6-17-40/h1-5,7-16,18-35H,6,17H2. The van der Waals surface area contributed by atoms with Crippen LogP contribution in [0.25, 0.3) is 144 Å². The highest BCUT2D eigenvalue weighted by atomic mass is 16.3. The van der Waals surface area contributed by atoms with Crippen molar-refractivity contribution in [3.05, 3.63) is 200 Å². The third-order valence-electron chi connectivity index (χ3n) is 14.2. The van der Waals surface area contributed by atoms with Crippen LogP contribution >= 0.6 is 0 Å². The fourth-order valence-electron chi connectivity index (χ4n) is 11.2. The van der Waals surface area contributed by atoms with Gasteiger partial charge in [0.2, 0.25) is 5.95 Å². The van der Waals surface area contributed by atoms with E-state index in [1.807, 2.05) is 54.6 Å². The molecule has 0 amide bonds. The minimum absolute atomic E-state index is 0.554. The molecule has 312 valence electrons. The summed E-state index contributed by atoms with van der Waals surface area (Å²) in [5, 5.41) is 9.62. The summed E-state index contributed by atoms with van der Waals surface area (Å²) in [5.74, 6) is 1.73. The van der Waals surface area contributed by atoms with Crippen molar-refractivity contribution < 1.29 is 4.42 Å². The van der Waals surface area contributed by atoms with Crippen molar-refractivity contribution in [1.82, 2.24) is 24.1 Å². The van der Waals surface area contributed by atoms with Gasteiger partial charge in [0.1, 0.15) is 11.2 Å². The van der Waals surface area contributed by atoms with Gasteiger partial charge >= 0.3 is 0 Å². The van der Waals surface area contributed by atoms with E-state index in [4.69, 9.17) is 19.4 Å². The molecule has 0 atom stereocenters. The first-order valence-electron chi connectivity index (χ1n) is 23.0. The zero-order valence-electron chi connectivity index (χ0n) is 36.1. The van der Waals surface area contributed by atoms with Crippen LogP contribution in [-0.4, -0.2) is 24.1 Å². The van der Waals surface area contributed by atoms with E-state index in [0.717, 1.165) is 73.3 Å². The summed E-state index contributed by atoms with van der Waals surface area (Å²) >= 11 is 0. The molecule has 2 aliphatic rings. The Morgan fingerprint density at radius 2 is 1.04 bits per heavy atom. The lowest BCUT2D eigenvalue weighted by Crippen LogP contribution is -2.06. The molecule has 6 nitrogen and oxygen atoms in total. The maximum Gasteiger partial charge on any atom is 0.238 e. The predicted molar refractivity (Wildman–Crippen MR) is 275 cm³/mol. The van der Waals surface area contributed by atoms with E-state index in [1.165, 1.54) is 66.1 Å². The summed E-state index contributed by atoms with van der Waals surface area (Å²) < 4.78 is 11.0. The van der Waals surface area contributed by atoms with E-state index in [0.29, 0.717) is 17.6 Å². The van der Waals surface area contributed by atoms with Gasteiger partial charge in [0.15, 0.2) is 11.6 Å². The molecule has 4 heterocycles. The minimum Gasteiger partial charge on any atom is -0.456 e. The molecule has 0 unspecified atom stereocenters. The van der Waals surface area contributed by atoms with Crippen molar-refractivity contribution in [3.63, 3.8) is 0 Å². The fourth-order valence-corrected chi connectivity index (χ4v) is 11.2. The van der Waals surface area contributed by atoms with Crippen LogP contribution in [0.1, 0.15) is 12.8 Å². The lowest BCUT2D eigenvalue weighted by atomic mass is 9.96. The zero-order chi connectivity index (χ0) is 43.7. The van der Waals surface area contributed by atoms with Crippen molar-refractivity contribution in [2.75, 3.05) is 0 Å². The Labute approximate surface area is 384 Å². The number of fused-ring (bicyclic) bond motifs is 13. The molecule has 13 aromatic rings. The number of hydrogen-bond donors (Lipinski definition) is 0. The minimum atomic E-state index is 0.554. The number of hydrogen-bond acceptors (Lipinski definition) is 4. The van der Waals surface area contributed by atoms with Gasteiger partial charge in [-0.15, -0.1) is 0 Å². The van der Waals surface area contributed by atoms with Gasteiger partial charge in [0.05, 0.1) is 22.1 Å². The van der Waals surface area contributed by atoms with Crippen LogP contribution in [0.2, 0.25) is 0 Å². The molecule has 2 aliphatic carbocycles. The largest absolute Gasteiger partial charge is 0.456 e. The van der Waals surface area contributed by atoms with Crippen LogP contribution in [0, 0.1) is 0 Å². The molecule has 9 aromatic carbocycles. The maximum absolute atomic E-state index is 6.33. The summed E-state index contributed by atoms with van der Waals surface area (Å²) in [4.78, 5) is 15.6. The van der Waals surface area contributed by atoms with Crippen LogP contribution in [0.4, 0.5) is 0 Å². The van der Waals surface area contributed by atoms with Crippen LogP contribution < -0.4 is 0 Å². The number of para-hydroxylation sites is 2. The van der Waals surface area contributed by atoms with Gasteiger partial charge in [-0.25, -0.2) is 4.98 Å². The van der Waals surface area contributed by atoms with E-state index in [1.54, 1.807) is 0 Å². The molecule has 0 aliphatic heterocycles. The molecule has 15 rings (SSSR count). The average molecular weight is 856 g/mol. The summed E-state index contributed by atoms with van der Waals surface area (Å²) in [5.41, 5.74) is 16.9. The van der Waals surface area contributed by atoms with E-state index >= 15 is 0 Å². The fraction of sp³-hybridized carbons (Fsp3) is 0.0328. The first kappa shape index (κ1) is 36.5.